The van der Waals surface area contributed by atoms with Crippen LogP contribution in [0.4, 0.5) is 5.69 Å². The van der Waals surface area contributed by atoms with E-state index in [0.29, 0.717) is 17.8 Å². The van der Waals surface area contributed by atoms with E-state index in [0.717, 1.165) is 67.5 Å². The summed E-state index contributed by atoms with van der Waals surface area (Å²) in [6, 6.07) is 6.55. The summed E-state index contributed by atoms with van der Waals surface area (Å²) < 4.78 is 0. The summed E-state index contributed by atoms with van der Waals surface area (Å²) in [5.74, 6) is 1.55. The molecule has 0 amide bonds. The van der Waals surface area contributed by atoms with Crippen molar-refractivity contribution in [3.8, 4) is 0 Å². The maximum atomic E-state index is 11.0. The highest BCUT2D eigenvalue weighted by molar-refractivity contribution is 6.09. The molecule has 4 aliphatic carbocycles. The molecular weight excluding hydrogens is 418 g/mol. The fraction of sp³-hybridized carbons (Fsp3) is 0.538. The predicted molar refractivity (Wildman–Crippen MR) is 127 cm³/mol. The fourth-order valence-electron chi connectivity index (χ4n) is 7.54. The van der Waals surface area contributed by atoms with E-state index in [1.165, 1.54) is 17.7 Å². The number of benzene rings is 1. The Kier molecular flexibility index (Phi) is 5.18. The van der Waals surface area contributed by atoms with Gasteiger partial charge < -0.3 is 10.4 Å². The van der Waals surface area contributed by atoms with Crippen molar-refractivity contribution < 1.29 is 15.3 Å². The highest BCUT2D eigenvalue weighted by Gasteiger charge is 2.59. The fourth-order valence-corrected chi connectivity index (χ4v) is 7.54. The van der Waals surface area contributed by atoms with Gasteiger partial charge in [0.2, 0.25) is 0 Å². The third-order valence-corrected chi connectivity index (χ3v) is 9.33. The molecule has 0 unspecified atom stereocenters. The molecule has 0 heterocycles. The number of nitro benzene ring substituents is 1. The van der Waals surface area contributed by atoms with Crippen molar-refractivity contribution in [3.05, 3.63) is 57.2 Å². The molecule has 1 aromatic carbocycles. The van der Waals surface area contributed by atoms with Gasteiger partial charge in [0.1, 0.15) is 0 Å². The molecule has 5 atom stereocenters. The Hall–Kier alpha value is -2.96. The molecule has 0 saturated heterocycles. The van der Waals surface area contributed by atoms with E-state index in [-0.39, 0.29) is 16.5 Å². The molecule has 5 rings (SSSR count). The molecule has 0 radical (unpaired) electrons. The Bertz CT molecular complexity index is 1100. The summed E-state index contributed by atoms with van der Waals surface area (Å²) in [6.45, 7) is 4.65. The molecule has 0 aliphatic heterocycles. The van der Waals surface area contributed by atoms with Crippen molar-refractivity contribution >= 4 is 23.2 Å². The molecular formula is C26H31N3O4. The van der Waals surface area contributed by atoms with Gasteiger partial charge in [-0.3, -0.25) is 10.1 Å². The van der Waals surface area contributed by atoms with Crippen LogP contribution in [0.5, 0.6) is 0 Å². The molecule has 0 bridgehead atoms. The summed E-state index contributed by atoms with van der Waals surface area (Å²) in [5, 5.41) is 37.6. The minimum atomic E-state index is -0.393. The SMILES string of the molecule is C[C@]12CCC(=NO)C=C1CC[C@@H]1[C@@H]2CC[C@]2(C)C(=NO)C(=Cc3ccc([N+](=O)[O-])cc3)C[C@@H]12. The normalized spacial score (nSPS) is 39.2. The average Bonchev–Trinajstić information content (AvgIpc) is 3.09. The van der Waals surface area contributed by atoms with E-state index in [2.05, 4.69) is 30.2 Å². The van der Waals surface area contributed by atoms with Crippen LogP contribution in [-0.4, -0.2) is 26.8 Å². The minimum absolute atomic E-state index is 0.0734. The zero-order valence-corrected chi connectivity index (χ0v) is 19.2. The summed E-state index contributed by atoms with van der Waals surface area (Å²) in [4.78, 5) is 10.6. The average molecular weight is 450 g/mol. The van der Waals surface area contributed by atoms with Crippen LogP contribution in [0.15, 0.2) is 51.8 Å². The van der Waals surface area contributed by atoms with Crippen LogP contribution in [-0.2, 0) is 0 Å². The predicted octanol–water partition coefficient (Wildman–Crippen LogP) is 6.21. The van der Waals surface area contributed by atoms with Crippen LogP contribution in [0.2, 0.25) is 0 Å². The molecule has 0 aromatic heterocycles. The Morgan fingerprint density at radius 3 is 2.45 bits per heavy atom. The second kappa shape index (κ2) is 7.82. The second-order valence-corrected chi connectivity index (χ2v) is 10.7. The molecule has 33 heavy (non-hydrogen) atoms. The lowest BCUT2D eigenvalue weighted by Crippen LogP contribution is -2.50. The standard InChI is InChI=1S/C26H31N3O4/c1-25-11-9-19(27-30)15-18(25)5-8-21-22(25)10-12-26(2)23(21)14-17(24(26)28-31)13-16-3-6-20(7-4-16)29(32)33/h3-4,6-7,13,15,21-23,30-31H,5,8-12,14H2,1-2H3/t21-,22+,23+,25+,26+/m1/s1. The lowest BCUT2D eigenvalue weighted by molar-refractivity contribution is -0.384. The molecule has 3 saturated carbocycles. The lowest BCUT2D eigenvalue weighted by atomic mass is 9.47. The van der Waals surface area contributed by atoms with Crippen LogP contribution in [0.25, 0.3) is 6.08 Å². The van der Waals surface area contributed by atoms with E-state index >= 15 is 0 Å². The highest BCUT2D eigenvalue weighted by atomic mass is 16.6. The number of allylic oxidation sites excluding steroid dienone is 3. The number of nitrogens with zero attached hydrogens (tertiary/aromatic N) is 3. The largest absolute Gasteiger partial charge is 0.411 e. The van der Waals surface area contributed by atoms with Crippen molar-refractivity contribution in [2.45, 2.75) is 58.8 Å². The van der Waals surface area contributed by atoms with Crippen LogP contribution in [0.3, 0.4) is 0 Å². The number of nitro groups is 1. The van der Waals surface area contributed by atoms with Crippen LogP contribution in [0.1, 0.15) is 64.4 Å². The maximum Gasteiger partial charge on any atom is 0.269 e. The van der Waals surface area contributed by atoms with Crippen LogP contribution in [0, 0.1) is 38.7 Å². The van der Waals surface area contributed by atoms with Gasteiger partial charge >= 0.3 is 0 Å². The zero-order valence-electron chi connectivity index (χ0n) is 19.2. The first kappa shape index (κ1) is 21.9. The maximum absolute atomic E-state index is 11.0. The van der Waals surface area contributed by atoms with Gasteiger partial charge in [0, 0.05) is 17.5 Å². The smallest absolute Gasteiger partial charge is 0.269 e. The molecule has 3 fully saturated rings. The van der Waals surface area contributed by atoms with Crippen molar-refractivity contribution in [3.63, 3.8) is 0 Å². The number of fused-ring (bicyclic) bond motifs is 5. The minimum Gasteiger partial charge on any atom is -0.411 e. The molecule has 174 valence electrons. The Morgan fingerprint density at radius 2 is 1.79 bits per heavy atom. The summed E-state index contributed by atoms with van der Waals surface area (Å²) in [7, 11) is 0. The van der Waals surface area contributed by atoms with Gasteiger partial charge in [-0.2, -0.15) is 0 Å². The molecule has 7 heteroatoms. The first-order valence-corrected chi connectivity index (χ1v) is 11.9. The van der Waals surface area contributed by atoms with Crippen molar-refractivity contribution in [2.75, 3.05) is 0 Å². The van der Waals surface area contributed by atoms with Gasteiger partial charge in [0.15, 0.2) is 0 Å². The van der Waals surface area contributed by atoms with Crippen molar-refractivity contribution in [1.82, 2.24) is 0 Å². The molecule has 1 aromatic rings. The molecule has 2 N–H and O–H groups in total. The van der Waals surface area contributed by atoms with E-state index in [4.69, 9.17) is 0 Å². The van der Waals surface area contributed by atoms with Gasteiger partial charge in [-0.15, -0.1) is 0 Å². The van der Waals surface area contributed by atoms with Crippen LogP contribution >= 0.6 is 0 Å². The molecule has 4 aliphatic rings. The number of rotatable bonds is 2. The van der Waals surface area contributed by atoms with Crippen molar-refractivity contribution in [2.24, 2.45) is 38.9 Å². The number of hydrogen-bond donors (Lipinski definition) is 2. The summed E-state index contributed by atoms with van der Waals surface area (Å²) >= 11 is 0. The zero-order chi connectivity index (χ0) is 23.4. The topological polar surface area (TPSA) is 108 Å². The third kappa shape index (κ3) is 3.31. The number of hydrogen-bond acceptors (Lipinski definition) is 6. The first-order chi connectivity index (χ1) is 15.8. The Balaban J connectivity index is 1.47. The molecule has 7 nitrogen and oxygen atoms in total. The molecule has 0 spiro atoms. The Morgan fingerprint density at radius 1 is 1.03 bits per heavy atom. The second-order valence-electron chi connectivity index (χ2n) is 10.7. The monoisotopic (exact) mass is 449 g/mol. The van der Waals surface area contributed by atoms with Gasteiger partial charge in [-0.1, -0.05) is 29.7 Å². The van der Waals surface area contributed by atoms with Crippen LogP contribution < -0.4 is 0 Å². The van der Waals surface area contributed by atoms with E-state index in [9.17, 15) is 20.5 Å². The Labute approximate surface area is 193 Å². The summed E-state index contributed by atoms with van der Waals surface area (Å²) in [6.07, 6.45) is 11.1. The van der Waals surface area contributed by atoms with Crippen molar-refractivity contribution in [1.29, 1.82) is 0 Å². The quantitative estimate of drug-likeness (QED) is 0.318. The third-order valence-electron chi connectivity index (χ3n) is 9.33. The van der Waals surface area contributed by atoms with Gasteiger partial charge in [-0.05, 0) is 104 Å². The highest BCUT2D eigenvalue weighted by Crippen LogP contribution is 2.65. The van der Waals surface area contributed by atoms with Gasteiger partial charge in [0.05, 0.1) is 16.3 Å². The number of oxime groups is 2. The van der Waals surface area contributed by atoms with Gasteiger partial charge in [-0.25, -0.2) is 0 Å². The van der Waals surface area contributed by atoms with E-state index in [1.807, 2.05) is 6.08 Å². The number of non-ortho nitro benzene ring substituents is 1. The van der Waals surface area contributed by atoms with E-state index in [1.54, 1.807) is 12.1 Å². The first-order valence-electron chi connectivity index (χ1n) is 11.9. The summed E-state index contributed by atoms with van der Waals surface area (Å²) in [5.41, 5.74) is 5.00. The van der Waals surface area contributed by atoms with E-state index < -0.39 is 4.92 Å². The lowest BCUT2D eigenvalue weighted by Gasteiger charge is -2.57. The van der Waals surface area contributed by atoms with Gasteiger partial charge in [0.25, 0.3) is 5.69 Å².